The molecule has 0 saturated carbocycles. The van der Waals surface area contributed by atoms with Gasteiger partial charge < -0.3 is 4.90 Å². The third-order valence-corrected chi connectivity index (χ3v) is 5.39. The van der Waals surface area contributed by atoms with Gasteiger partial charge in [-0.25, -0.2) is 5.48 Å². The number of hydrogen-bond donors (Lipinski definition) is 2. The first-order valence-electron chi connectivity index (χ1n) is 9.23. The number of carbonyl (C=O) groups is 2. The van der Waals surface area contributed by atoms with E-state index >= 15 is 0 Å². The van der Waals surface area contributed by atoms with Gasteiger partial charge in [0, 0.05) is 37.3 Å². The van der Waals surface area contributed by atoms with E-state index in [4.69, 9.17) is 16.8 Å². The number of nitrogens with one attached hydrogen (secondary N) is 1. The first-order chi connectivity index (χ1) is 13.4. The fourth-order valence-corrected chi connectivity index (χ4v) is 4.04. The molecule has 2 aromatic rings. The molecule has 1 aliphatic rings. The number of hydroxylamine groups is 1. The highest BCUT2D eigenvalue weighted by molar-refractivity contribution is 6.33. The molecule has 1 aliphatic heterocycles. The summed E-state index contributed by atoms with van der Waals surface area (Å²) in [5.41, 5.74) is 3.64. The van der Waals surface area contributed by atoms with Gasteiger partial charge in [0.2, 0.25) is 0 Å². The Morgan fingerprint density at radius 3 is 2.25 bits per heavy atom. The Kier molecular flexibility index (Phi) is 6.34. The van der Waals surface area contributed by atoms with E-state index in [0.29, 0.717) is 16.1 Å². The SMILES string of the molecule is C[C@@H]1CN(Cc2ccc(C(=O)NO)cc2)C[C@H](C)N1C(=O)c1ccccc1Cl. The molecule has 0 aromatic heterocycles. The highest BCUT2D eigenvalue weighted by Gasteiger charge is 2.33. The summed E-state index contributed by atoms with van der Waals surface area (Å²) < 4.78 is 0. The van der Waals surface area contributed by atoms with Crippen LogP contribution in [0.25, 0.3) is 0 Å². The zero-order valence-electron chi connectivity index (χ0n) is 15.9. The van der Waals surface area contributed by atoms with Crippen LogP contribution in [0.3, 0.4) is 0 Å². The van der Waals surface area contributed by atoms with Gasteiger partial charge in [-0.15, -0.1) is 0 Å². The van der Waals surface area contributed by atoms with Gasteiger partial charge in [0.15, 0.2) is 0 Å². The lowest BCUT2D eigenvalue weighted by atomic mass is 10.0. The number of nitrogens with zero attached hydrogens (tertiary/aromatic N) is 2. The van der Waals surface area contributed by atoms with Crippen molar-refractivity contribution in [3.05, 3.63) is 70.2 Å². The van der Waals surface area contributed by atoms with Crippen molar-refractivity contribution in [2.45, 2.75) is 32.5 Å². The van der Waals surface area contributed by atoms with Gasteiger partial charge in [0.1, 0.15) is 0 Å². The minimum atomic E-state index is -0.527. The van der Waals surface area contributed by atoms with Crippen LogP contribution in [-0.4, -0.2) is 52.0 Å². The molecule has 1 fully saturated rings. The topological polar surface area (TPSA) is 72.9 Å². The molecule has 3 rings (SSSR count). The molecule has 0 aliphatic carbocycles. The van der Waals surface area contributed by atoms with Gasteiger partial charge in [-0.1, -0.05) is 35.9 Å². The Morgan fingerprint density at radius 1 is 1.07 bits per heavy atom. The van der Waals surface area contributed by atoms with Crippen molar-refractivity contribution in [2.75, 3.05) is 13.1 Å². The summed E-state index contributed by atoms with van der Waals surface area (Å²) >= 11 is 6.21. The predicted molar refractivity (Wildman–Crippen MR) is 108 cm³/mol. The molecule has 0 bridgehead atoms. The first kappa shape index (κ1) is 20.3. The van der Waals surface area contributed by atoms with Crippen molar-refractivity contribution >= 4 is 23.4 Å². The average molecular weight is 402 g/mol. The standard InChI is InChI=1S/C21H24ClN3O3/c1-14-11-24(13-16-7-9-17(10-8-16)20(26)23-28)12-15(2)25(14)21(27)18-5-3-4-6-19(18)22/h3-10,14-15,28H,11-13H2,1-2H3,(H,23,26)/t14-,15+. The molecule has 7 heteroatoms. The summed E-state index contributed by atoms with van der Waals surface area (Å²) in [7, 11) is 0. The van der Waals surface area contributed by atoms with Crippen LogP contribution in [0.4, 0.5) is 0 Å². The Labute approximate surface area is 169 Å². The molecule has 2 aromatic carbocycles. The van der Waals surface area contributed by atoms with Gasteiger partial charge in [0.25, 0.3) is 11.8 Å². The molecule has 1 heterocycles. The van der Waals surface area contributed by atoms with E-state index in [2.05, 4.69) is 4.90 Å². The number of rotatable bonds is 4. The Hall–Kier alpha value is -2.41. The van der Waals surface area contributed by atoms with E-state index in [9.17, 15) is 9.59 Å². The molecular weight excluding hydrogens is 378 g/mol. The molecule has 148 valence electrons. The smallest absolute Gasteiger partial charge is 0.274 e. The maximum atomic E-state index is 13.0. The normalized spacial score (nSPS) is 20.1. The average Bonchev–Trinajstić information content (AvgIpc) is 2.67. The minimum absolute atomic E-state index is 0.0374. The van der Waals surface area contributed by atoms with E-state index in [-0.39, 0.29) is 18.0 Å². The minimum Gasteiger partial charge on any atom is -0.331 e. The van der Waals surface area contributed by atoms with Crippen LogP contribution in [0.2, 0.25) is 5.02 Å². The van der Waals surface area contributed by atoms with Crippen molar-refractivity contribution in [2.24, 2.45) is 0 Å². The number of halogens is 1. The van der Waals surface area contributed by atoms with Gasteiger partial charge in [-0.3, -0.25) is 19.7 Å². The predicted octanol–water partition coefficient (Wildman–Crippen LogP) is 3.19. The van der Waals surface area contributed by atoms with E-state index in [1.165, 1.54) is 0 Å². The van der Waals surface area contributed by atoms with Crippen LogP contribution in [0.15, 0.2) is 48.5 Å². The van der Waals surface area contributed by atoms with Crippen LogP contribution in [-0.2, 0) is 6.54 Å². The lowest BCUT2D eigenvalue weighted by molar-refractivity contribution is 0.0268. The zero-order chi connectivity index (χ0) is 20.3. The van der Waals surface area contributed by atoms with Crippen LogP contribution >= 0.6 is 11.6 Å². The van der Waals surface area contributed by atoms with Crippen LogP contribution in [0, 0.1) is 0 Å². The largest absolute Gasteiger partial charge is 0.331 e. The van der Waals surface area contributed by atoms with Crippen molar-refractivity contribution in [1.82, 2.24) is 15.3 Å². The number of hydrogen-bond acceptors (Lipinski definition) is 4. The molecule has 0 unspecified atom stereocenters. The summed E-state index contributed by atoms with van der Waals surface area (Å²) in [6.07, 6.45) is 0. The molecule has 1 saturated heterocycles. The molecular formula is C21H24ClN3O3. The van der Waals surface area contributed by atoms with E-state index in [0.717, 1.165) is 25.2 Å². The maximum absolute atomic E-state index is 13.0. The van der Waals surface area contributed by atoms with Crippen LogP contribution < -0.4 is 5.48 Å². The van der Waals surface area contributed by atoms with Gasteiger partial charge >= 0.3 is 0 Å². The summed E-state index contributed by atoms with van der Waals surface area (Å²) in [5.74, 6) is -0.565. The summed E-state index contributed by atoms with van der Waals surface area (Å²) in [4.78, 5) is 28.6. The second kappa shape index (κ2) is 8.73. The molecule has 2 amide bonds. The maximum Gasteiger partial charge on any atom is 0.274 e. The van der Waals surface area contributed by atoms with E-state index < -0.39 is 5.91 Å². The second-order valence-corrected chi connectivity index (χ2v) is 7.63. The Morgan fingerprint density at radius 2 is 1.68 bits per heavy atom. The van der Waals surface area contributed by atoms with E-state index in [1.54, 1.807) is 29.7 Å². The Bertz CT molecular complexity index is 844. The van der Waals surface area contributed by atoms with Crippen molar-refractivity contribution < 1.29 is 14.8 Å². The quantitative estimate of drug-likeness (QED) is 0.609. The van der Waals surface area contributed by atoms with E-state index in [1.807, 2.05) is 43.0 Å². The van der Waals surface area contributed by atoms with Gasteiger partial charge in [-0.2, -0.15) is 0 Å². The number of benzene rings is 2. The molecule has 0 radical (unpaired) electrons. The fourth-order valence-electron chi connectivity index (χ4n) is 3.82. The molecule has 2 N–H and O–H groups in total. The number of piperazine rings is 1. The summed E-state index contributed by atoms with van der Waals surface area (Å²) in [6, 6.07) is 14.4. The number of amides is 2. The number of carbonyl (C=O) groups excluding carboxylic acids is 2. The first-order valence-corrected chi connectivity index (χ1v) is 9.61. The summed E-state index contributed by atoms with van der Waals surface area (Å²) in [6.45, 7) is 6.32. The highest BCUT2D eigenvalue weighted by Crippen LogP contribution is 2.24. The van der Waals surface area contributed by atoms with Crippen LogP contribution in [0.1, 0.15) is 40.1 Å². The highest BCUT2D eigenvalue weighted by atomic mass is 35.5. The monoisotopic (exact) mass is 401 g/mol. The zero-order valence-corrected chi connectivity index (χ0v) is 16.7. The van der Waals surface area contributed by atoms with Crippen molar-refractivity contribution in [3.8, 4) is 0 Å². The Balaban J connectivity index is 1.67. The second-order valence-electron chi connectivity index (χ2n) is 7.22. The van der Waals surface area contributed by atoms with Crippen LogP contribution in [0.5, 0.6) is 0 Å². The summed E-state index contributed by atoms with van der Waals surface area (Å²) in [5, 5.41) is 9.17. The molecule has 2 atom stereocenters. The van der Waals surface area contributed by atoms with Gasteiger partial charge in [0.05, 0.1) is 10.6 Å². The molecule has 6 nitrogen and oxygen atoms in total. The molecule has 28 heavy (non-hydrogen) atoms. The molecule has 0 spiro atoms. The third kappa shape index (κ3) is 4.35. The fraction of sp³-hybridized carbons (Fsp3) is 0.333. The lowest BCUT2D eigenvalue weighted by Crippen LogP contribution is -2.58. The van der Waals surface area contributed by atoms with Gasteiger partial charge in [-0.05, 0) is 43.7 Å². The van der Waals surface area contributed by atoms with Crippen molar-refractivity contribution in [1.29, 1.82) is 0 Å². The van der Waals surface area contributed by atoms with Crippen molar-refractivity contribution in [3.63, 3.8) is 0 Å². The third-order valence-electron chi connectivity index (χ3n) is 5.06. The lowest BCUT2D eigenvalue weighted by Gasteiger charge is -2.44.